The number of carbonyl (C=O) groups excluding carboxylic acids is 1. The van der Waals surface area contributed by atoms with E-state index < -0.39 is 28.8 Å². The van der Waals surface area contributed by atoms with Crippen LogP contribution in [0.25, 0.3) is 0 Å². The minimum atomic E-state index is -4.71. The van der Waals surface area contributed by atoms with Crippen LogP contribution in [0, 0.1) is 0 Å². The monoisotopic (exact) mass is 549 g/mol. The fourth-order valence-corrected chi connectivity index (χ4v) is 4.32. The van der Waals surface area contributed by atoms with Gasteiger partial charge >= 0.3 is 6.18 Å². The van der Waals surface area contributed by atoms with Crippen LogP contribution < -0.4 is 5.32 Å². The van der Waals surface area contributed by atoms with Crippen LogP contribution in [-0.4, -0.2) is 25.5 Å². The summed E-state index contributed by atoms with van der Waals surface area (Å²) in [5, 5.41) is 10.8. The van der Waals surface area contributed by atoms with Gasteiger partial charge in [0, 0.05) is 17.1 Å². The van der Waals surface area contributed by atoms with Crippen LogP contribution in [0.4, 0.5) is 19.0 Å². The molecule has 1 unspecified atom stereocenters. The first-order valence-electron chi connectivity index (χ1n) is 9.68. The lowest BCUT2D eigenvalue weighted by atomic mass is 10.2. The second-order valence-corrected chi connectivity index (χ2v) is 9.18. The van der Waals surface area contributed by atoms with E-state index in [1.165, 1.54) is 6.92 Å². The summed E-state index contributed by atoms with van der Waals surface area (Å²) in [6, 6.07) is 6.27. The number of carbonyl (C=O) groups is 1. The molecule has 1 fully saturated rings. The zero-order valence-electron chi connectivity index (χ0n) is 16.6. The van der Waals surface area contributed by atoms with Crippen molar-refractivity contribution < 1.29 is 18.0 Å². The van der Waals surface area contributed by atoms with Gasteiger partial charge in [-0.3, -0.25) is 14.2 Å². The van der Waals surface area contributed by atoms with Crippen LogP contribution in [-0.2, 0) is 17.5 Å². The molecule has 3 aromatic rings. The average molecular weight is 551 g/mol. The lowest BCUT2D eigenvalue weighted by Crippen LogP contribution is -2.26. The van der Waals surface area contributed by atoms with Gasteiger partial charge in [-0.1, -0.05) is 41.4 Å². The zero-order valence-corrected chi connectivity index (χ0v) is 19.7. The number of anilines is 1. The molecule has 1 aliphatic rings. The first-order chi connectivity index (χ1) is 15.1. The second-order valence-electron chi connectivity index (χ2n) is 7.54. The molecule has 1 aromatic carbocycles. The minimum Gasteiger partial charge on any atom is -0.306 e. The molecular weight excluding hydrogens is 534 g/mol. The molecule has 1 amide bonds. The Balaban J connectivity index is 1.55. The molecule has 6 nitrogen and oxygen atoms in total. The van der Waals surface area contributed by atoms with Crippen molar-refractivity contribution in [2.24, 2.45) is 0 Å². The van der Waals surface area contributed by atoms with Crippen LogP contribution in [0.1, 0.15) is 48.7 Å². The van der Waals surface area contributed by atoms with E-state index >= 15 is 0 Å². The zero-order chi connectivity index (χ0) is 23.2. The van der Waals surface area contributed by atoms with Gasteiger partial charge in [0.1, 0.15) is 6.04 Å². The molecule has 2 aromatic heterocycles. The van der Waals surface area contributed by atoms with Crippen molar-refractivity contribution in [3.8, 4) is 0 Å². The van der Waals surface area contributed by atoms with Crippen LogP contribution in [0.15, 0.2) is 34.9 Å². The maximum Gasteiger partial charge on any atom is 0.436 e. The van der Waals surface area contributed by atoms with Crippen LogP contribution in [0.5, 0.6) is 0 Å². The fraction of sp³-hybridized carbons (Fsp3) is 0.350. The summed E-state index contributed by atoms with van der Waals surface area (Å²) >= 11 is 15.5. The number of benzene rings is 1. The van der Waals surface area contributed by atoms with Gasteiger partial charge in [0.25, 0.3) is 0 Å². The Morgan fingerprint density at radius 3 is 2.59 bits per heavy atom. The minimum absolute atomic E-state index is 0.136. The predicted molar refractivity (Wildman–Crippen MR) is 118 cm³/mol. The molecule has 0 spiro atoms. The fourth-order valence-electron chi connectivity index (χ4n) is 3.32. The molecule has 0 radical (unpaired) electrons. The number of hydrogen-bond acceptors (Lipinski definition) is 3. The average Bonchev–Trinajstić information content (AvgIpc) is 3.40. The number of hydrogen-bond donors (Lipinski definition) is 1. The van der Waals surface area contributed by atoms with Crippen LogP contribution >= 0.6 is 39.1 Å². The van der Waals surface area contributed by atoms with E-state index in [-0.39, 0.29) is 17.4 Å². The van der Waals surface area contributed by atoms with Gasteiger partial charge in [-0.2, -0.15) is 23.4 Å². The smallest absolute Gasteiger partial charge is 0.306 e. The number of alkyl halides is 3. The Hall–Kier alpha value is -2.04. The van der Waals surface area contributed by atoms with Crippen molar-refractivity contribution in [2.45, 2.75) is 44.4 Å². The number of aromatic nitrogens is 4. The third-order valence-corrected chi connectivity index (χ3v) is 6.44. The SMILES string of the molecule is CC(C(=O)Nc1nn(Cc2ccccc2Cl)cc1Br)n1nc(C(F)(F)F)c(Cl)c1C1CC1. The molecule has 1 atom stereocenters. The van der Waals surface area contributed by atoms with E-state index in [2.05, 4.69) is 31.4 Å². The van der Waals surface area contributed by atoms with E-state index in [1.54, 1.807) is 16.9 Å². The summed E-state index contributed by atoms with van der Waals surface area (Å²) in [7, 11) is 0. The van der Waals surface area contributed by atoms with E-state index in [1.807, 2.05) is 18.2 Å². The second kappa shape index (κ2) is 8.72. The molecule has 1 saturated carbocycles. The summed E-state index contributed by atoms with van der Waals surface area (Å²) in [6.45, 7) is 1.85. The third-order valence-electron chi connectivity index (χ3n) is 5.12. The highest BCUT2D eigenvalue weighted by atomic mass is 79.9. The lowest BCUT2D eigenvalue weighted by Gasteiger charge is -2.15. The molecule has 32 heavy (non-hydrogen) atoms. The largest absolute Gasteiger partial charge is 0.436 e. The molecule has 2 heterocycles. The van der Waals surface area contributed by atoms with Crippen molar-refractivity contribution in [2.75, 3.05) is 5.32 Å². The highest BCUT2D eigenvalue weighted by Gasteiger charge is 2.43. The highest BCUT2D eigenvalue weighted by molar-refractivity contribution is 9.10. The Kier molecular flexibility index (Phi) is 6.30. The quantitative estimate of drug-likeness (QED) is 0.392. The van der Waals surface area contributed by atoms with E-state index in [4.69, 9.17) is 23.2 Å². The normalized spacial score (nSPS) is 15.1. The van der Waals surface area contributed by atoms with Gasteiger partial charge in [0.2, 0.25) is 5.91 Å². The highest BCUT2D eigenvalue weighted by Crippen LogP contribution is 2.47. The molecule has 0 bridgehead atoms. The summed E-state index contributed by atoms with van der Waals surface area (Å²) in [5.41, 5.74) is -0.0915. The third kappa shape index (κ3) is 4.67. The maximum absolute atomic E-state index is 13.3. The number of nitrogens with one attached hydrogen (secondary N) is 1. The molecule has 1 aliphatic carbocycles. The Labute approximate surface area is 199 Å². The van der Waals surface area contributed by atoms with Gasteiger partial charge in [0.15, 0.2) is 11.5 Å². The van der Waals surface area contributed by atoms with E-state index in [0.29, 0.717) is 28.9 Å². The van der Waals surface area contributed by atoms with E-state index in [9.17, 15) is 18.0 Å². The van der Waals surface area contributed by atoms with Crippen molar-refractivity contribution in [3.05, 3.63) is 61.9 Å². The predicted octanol–water partition coefficient (Wildman–Crippen LogP) is 6.29. The first kappa shape index (κ1) is 23.1. The van der Waals surface area contributed by atoms with Crippen molar-refractivity contribution in [3.63, 3.8) is 0 Å². The maximum atomic E-state index is 13.3. The first-order valence-corrected chi connectivity index (χ1v) is 11.2. The summed E-state index contributed by atoms with van der Waals surface area (Å²) in [6.07, 6.45) is -1.63. The van der Waals surface area contributed by atoms with Crippen LogP contribution in [0.3, 0.4) is 0 Å². The molecule has 12 heteroatoms. The number of rotatable bonds is 6. The molecule has 4 rings (SSSR count). The van der Waals surface area contributed by atoms with Crippen molar-refractivity contribution in [1.82, 2.24) is 19.6 Å². The molecule has 170 valence electrons. The summed E-state index contributed by atoms with van der Waals surface area (Å²) < 4.78 is 43.1. The number of nitrogens with zero attached hydrogens (tertiary/aromatic N) is 4. The van der Waals surface area contributed by atoms with Crippen LogP contribution in [0.2, 0.25) is 10.0 Å². The number of amides is 1. The van der Waals surface area contributed by atoms with Gasteiger partial charge in [-0.25, -0.2) is 0 Å². The Morgan fingerprint density at radius 1 is 1.28 bits per heavy atom. The lowest BCUT2D eigenvalue weighted by molar-refractivity contribution is -0.141. The molecule has 0 aliphatic heterocycles. The van der Waals surface area contributed by atoms with Gasteiger partial charge in [0.05, 0.1) is 21.7 Å². The van der Waals surface area contributed by atoms with Gasteiger partial charge in [-0.15, -0.1) is 0 Å². The molecular formula is C20H17BrCl2F3N5O. The standard InChI is InChI=1S/C20H17BrCl2F3N5O/c1-10(31-16(11-6-7-11)15(23)17(28-31)20(24,25)26)19(32)27-18-13(21)9-30(29-18)8-12-4-2-3-5-14(12)22/h2-5,9-11H,6-8H2,1H3,(H,27,29,32). The summed E-state index contributed by atoms with van der Waals surface area (Å²) in [5.74, 6) is -0.470. The van der Waals surface area contributed by atoms with E-state index in [0.717, 1.165) is 10.2 Å². The molecule has 0 saturated heterocycles. The van der Waals surface area contributed by atoms with Crippen molar-refractivity contribution >= 4 is 50.9 Å². The van der Waals surface area contributed by atoms with Gasteiger partial charge in [-0.05, 0) is 47.3 Å². The Morgan fingerprint density at radius 2 is 1.97 bits per heavy atom. The van der Waals surface area contributed by atoms with Crippen molar-refractivity contribution in [1.29, 1.82) is 0 Å². The number of halogens is 6. The topological polar surface area (TPSA) is 64.7 Å². The Bertz CT molecular complexity index is 1170. The summed E-state index contributed by atoms with van der Waals surface area (Å²) in [4.78, 5) is 12.9. The van der Waals surface area contributed by atoms with Gasteiger partial charge < -0.3 is 5.32 Å². The molecule has 1 N–H and O–H groups in total.